The van der Waals surface area contributed by atoms with Crippen molar-refractivity contribution in [2.45, 2.75) is 63.6 Å². The maximum atomic E-state index is 12.7. The minimum absolute atomic E-state index is 0.171. The largest absolute Gasteiger partial charge is 0.445 e. The van der Waals surface area contributed by atoms with Crippen LogP contribution in [-0.4, -0.2) is 56.4 Å². The lowest BCUT2D eigenvalue weighted by Gasteiger charge is -2.28. The summed E-state index contributed by atoms with van der Waals surface area (Å²) in [6.07, 6.45) is 0.289. The molecule has 0 saturated heterocycles. The highest BCUT2D eigenvalue weighted by Crippen LogP contribution is 2.48. The molecule has 2 heterocycles. The number of amides is 2. The van der Waals surface area contributed by atoms with E-state index in [0.717, 1.165) is 17.0 Å². The first-order valence-corrected chi connectivity index (χ1v) is 12.9. The summed E-state index contributed by atoms with van der Waals surface area (Å²) < 4.78 is 13.7. The molecule has 0 bridgehead atoms. The number of carbonyl (C=O) groups excluding carboxylic acids is 2. The molecule has 1 fully saturated rings. The third kappa shape index (κ3) is 5.56. The van der Waals surface area contributed by atoms with Gasteiger partial charge in [-0.25, -0.2) is 4.79 Å². The Hall–Kier alpha value is -3.76. The normalized spacial score (nSPS) is 20.5. The van der Waals surface area contributed by atoms with Gasteiger partial charge in [-0.2, -0.15) is 0 Å². The Kier molecular flexibility index (Phi) is 7.18. The maximum Gasteiger partial charge on any atom is 0.410 e. The Bertz CT molecular complexity index is 1270. The van der Waals surface area contributed by atoms with Crippen LogP contribution in [0.5, 0.6) is 0 Å². The Labute approximate surface area is 222 Å². The molecule has 10 nitrogen and oxygen atoms in total. The van der Waals surface area contributed by atoms with Crippen LogP contribution >= 0.6 is 0 Å². The average Bonchev–Trinajstić information content (AvgIpc) is 3.42. The summed E-state index contributed by atoms with van der Waals surface area (Å²) in [5.41, 5.74) is 6.52. The summed E-state index contributed by atoms with van der Waals surface area (Å²) in [5.74, 6) is 1.22. The molecule has 200 valence electrons. The molecular formula is C28H34N6O4. The summed E-state index contributed by atoms with van der Waals surface area (Å²) in [7, 11) is 0. The van der Waals surface area contributed by atoms with E-state index in [-0.39, 0.29) is 24.6 Å². The Morgan fingerprint density at radius 1 is 1.03 bits per heavy atom. The SMILES string of the molecule is CC(C)(N)C(=O)N[C@H]1CC1(COCc1ccccc1)c1nnc2n1CCN(C(=O)OCc1ccccc1)C2. The first-order chi connectivity index (χ1) is 18.3. The number of fused-ring (bicyclic) bond motifs is 1. The van der Waals surface area contributed by atoms with E-state index in [4.69, 9.17) is 15.2 Å². The van der Waals surface area contributed by atoms with Crippen molar-refractivity contribution < 1.29 is 19.1 Å². The van der Waals surface area contributed by atoms with Crippen LogP contribution in [0.4, 0.5) is 4.79 Å². The van der Waals surface area contributed by atoms with E-state index in [1.807, 2.05) is 65.2 Å². The van der Waals surface area contributed by atoms with Crippen LogP contribution < -0.4 is 11.1 Å². The van der Waals surface area contributed by atoms with E-state index in [1.165, 1.54) is 0 Å². The number of aromatic nitrogens is 3. The standard InChI is InChI=1S/C28H34N6O4/c1-27(2,29)25(35)30-22-15-28(22,19-37-17-20-9-5-3-6-10-20)24-32-31-23-16-33(13-14-34(23)24)26(36)38-18-21-11-7-4-8-12-21/h3-12,22H,13-19,29H2,1-2H3,(H,30,35)/t22-,28?/m0/s1. The second-order valence-electron chi connectivity index (χ2n) is 10.6. The number of benzene rings is 2. The molecule has 5 rings (SSSR count). The van der Waals surface area contributed by atoms with Crippen LogP contribution in [0.3, 0.4) is 0 Å². The molecule has 1 saturated carbocycles. The first-order valence-electron chi connectivity index (χ1n) is 12.9. The predicted molar refractivity (Wildman–Crippen MR) is 140 cm³/mol. The van der Waals surface area contributed by atoms with Gasteiger partial charge >= 0.3 is 6.09 Å². The van der Waals surface area contributed by atoms with E-state index in [2.05, 4.69) is 15.5 Å². The highest BCUT2D eigenvalue weighted by Gasteiger charge is 2.60. The van der Waals surface area contributed by atoms with E-state index < -0.39 is 11.0 Å². The van der Waals surface area contributed by atoms with Gasteiger partial charge in [0.25, 0.3) is 0 Å². The molecule has 1 unspecified atom stereocenters. The van der Waals surface area contributed by atoms with Crippen molar-refractivity contribution in [3.8, 4) is 0 Å². The summed E-state index contributed by atoms with van der Waals surface area (Å²) in [6.45, 7) is 5.71. The summed E-state index contributed by atoms with van der Waals surface area (Å²) in [5, 5.41) is 12.0. The van der Waals surface area contributed by atoms with Gasteiger partial charge < -0.3 is 25.1 Å². The van der Waals surface area contributed by atoms with Crippen molar-refractivity contribution >= 4 is 12.0 Å². The lowest BCUT2D eigenvalue weighted by Crippen LogP contribution is -2.51. The summed E-state index contributed by atoms with van der Waals surface area (Å²) in [4.78, 5) is 27.0. The third-order valence-electron chi connectivity index (χ3n) is 7.10. The topological polar surface area (TPSA) is 125 Å². The van der Waals surface area contributed by atoms with Crippen LogP contribution in [0.1, 0.15) is 43.0 Å². The van der Waals surface area contributed by atoms with E-state index >= 15 is 0 Å². The minimum atomic E-state index is -0.996. The van der Waals surface area contributed by atoms with E-state index in [1.54, 1.807) is 18.7 Å². The molecule has 10 heteroatoms. The third-order valence-corrected chi connectivity index (χ3v) is 7.10. The van der Waals surface area contributed by atoms with Gasteiger partial charge in [-0.3, -0.25) is 9.69 Å². The Morgan fingerprint density at radius 2 is 1.68 bits per heavy atom. The van der Waals surface area contributed by atoms with E-state index in [9.17, 15) is 9.59 Å². The second-order valence-corrected chi connectivity index (χ2v) is 10.6. The van der Waals surface area contributed by atoms with Crippen molar-refractivity contribution in [3.63, 3.8) is 0 Å². The number of nitrogens with one attached hydrogen (secondary N) is 1. The Morgan fingerprint density at radius 3 is 2.34 bits per heavy atom. The average molecular weight is 519 g/mol. The van der Waals surface area contributed by atoms with Crippen LogP contribution in [0, 0.1) is 0 Å². The molecule has 2 aliphatic rings. The number of nitrogens with two attached hydrogens (primary N) is 1. The zero-order valence-electron chi connectivity index (χ0n) is 21.8. The van der Waals surface area contributed by atoms with Crippen molar-refractivity contribution in [2.24, 2.45) is 5.73 Å². The molecule has 1 aliphatic heterocycles. The number of carbonyl (C=O) groups is 2. The number of hydrogen-bond donors (Lipinski definition) is 2. The highest BCUT2D eigenvalue weighted by molar-refractivity contribution is 5.85. The fourth-order valence-corrected chi connectivity index (χ4v) is 4.73. The van der Waals surface area contributed by atoms with Gasteiger partial charge in [0, 0.05) is 19.1 Å². The molecule has 2 aromatic carbocycles. The van der Waals surface area contributed by atoms with Gasteiger partial charge in [0.05, 0.1) is 30.7 Å². The highest BCUT2D eigenvalue weighted by atomic mass is 16.6. The Balaban J connectivity index is 1.28. The van der Waals surface area contributed by atoms with Crippen LogP contribution in [0.15, 0.2) is 60.7 Å². The second kappa shape index (κ2) is 10.5. The van der Waals surface area contributed by atoms with Crippen LogP contribution in [0.2, 0.25) is 0 Å². The van der Waals surface area contributed by atoms with Crippen molar-refractivity contribution in [2.75, 3.05) is 13.2 Å². The molecular weight excluding hydrogens is 484 g/mol. The lowest BCUT2D eigenvalue weighted by molar-refractivity contribution is -0.125. The molecule has 0 spiro atoms. The molecule has 1 aliphatic carbocycles. The molecule has 2 atom stereocenters. The zero-order valence-corrected chi connectivity index (χ0v) is 21.8. The van der Waals surface area contributed by atoms with Crippen molar-refractivity contribution in [1.82, 2.24) is 25.0 Å². The molecule has 1 aromatic heterocycles. The zero-order chi connectivity index (χ0) is 26.8. The first kappa shape index (κ1) is 25.9. The minimum Gasteiger partial charge on any atom is -0.445 e. The van der Waals surface area contributed by atoms with Gasteiger partial charge in [0.2, 0.25) is 5.91 Å². The fraction of sp³-hybridized carbons (Fsp3) is 0.429. The van der Waals surface area contributed by atoms with Crippen molar-refractivity contribution in [3.05, 3.63) is 83.4 Å². The van der Waals surface area contributed by atoms with Gasteiger partial charge in [0.15, 0.2) is 5.82 Å². The number of nitrogens with zero attached hydrogens (tertiary/aromatic N) is 4. The van der Waals surface area contributed by atoms with Gasteiger partial charge in [-0.1, -0.05) is 60.7 Å². The summed E-state index contributed by atoms with van der Waals surface area (Å²) >= 11 is 0. The van der Waals surface area contributed by atoms with Gasteiger partial charge in [0.1, 0.15) is 12.4 Å². The molecule has 2 amide bonds. The molecule has 0 radical (unpaired) electrons. The number of hydrogen-bond acceptors (Lipinski definition) is 7. The van der Waals surface area contributed by atoms with E-state index in [0.29, 0.717) is 45.1 Å². The summed E-state index contributed by atoms with van der Waals surface area (Å²) in [6, 6.07) is 19.4. The van der Waals surface area contributed by atoms with Crippen LogP contribution in [0.25, 0.3) is 0 Å². The quantitative estimate of drug-likeness (QED) is 0.446. The monoisotopic (exact) mass is 518 g/mol. The van der Waals surface area contributed by atoms with Gasteiger partial charge in [-0.05, 0) is 31.4 Å². The van der Waals surface area contributed by atoms with Crippen LogP contribution in [-0.2, 0) is 46.0 Å². The van der Waals surface area contributed by atoms with Gasteiger partial charge in [-0.15, -0.1) is 10.2 Å². The lowest BCUT2D eigenvalue weighted by atomic mass is 10.0. The molecule has 3 aromatic rings. The molecule has 3 N–H and O–H groups in total. The molecule has 38 heavy (non-hydrogen) atoms. The maximum absolute atomic E-state index is 12.7. The number of rotatable bonds is 9. The smallest absolute Gasteiger partial charge is 0.410 e. The fourth-order valence-electron chi connectivity index (χ4n) is 4.73. The predicted octanol–water partition coefficient (Wildman–Crippen LogP) is 2.51. The van der Waals surface area contributed by atoms with Crippen molar-refractivity contribution in [1.29, 1.82) is 0 Å². The number of ether oxygens (including phenoxy) is 2.